The molecule has 0 aliphatic heterocycles. The van der Waals surface area contributed by atoms with Gasteiger partial charge >= 0.3 is 0 Å². The lowest BCUT2D eigenvalue weighted by Gasteiger charge is -2.13. The fraction of sp³-hybridized carbons (Fsp3) is 0.200. The molecule has 0 heterocycles. The highest BCUT2D eigenvalue weighted by Crippen LogP contribution is 2.27. The van der Waals surface area contributed by atoms with E-state index in [1.807, 2.05) is 18.2 Å². The van der Waals surface area contributed by atoms with Crippen LogP contribution in [0.2, 0.25) is 0 Å². The summed E-state index contributed by atoms with van der Waals surface area (Å²) in [5.74, 6) is 1.80. The Hall–Kier alpha value is -2.52. The van der Waals surface area contributed by atoms with Gasteiger partial charge in [0.1, 0.15) is 11.5 Å². The molecule has 0 spiro atoms. The summed E-state index contributed by atoms with van der Waals surface area (Å²) < 4.78 is 10.7. The van der Waals surface area contributed by atoms with E-state index in [4.69, 9.17) is 9.47 Å². The van der Waals surface area contributed by atoms with E-state index in [0.717, 1.165) is 24.6 Å². The number of benzene rings is 3. The maximum Gasteiger partial charge on any atom is 0.123 e. The molecular formula is C20H21NO2. The number of hydrogen-bond acceptors (Lipinski definition) is 3. The third-order valence-electron chi connectivity index (χ3n) is 4.01. The van der Waals surface area contributed by atoms with Crippen molar-refractivity contribution in [1.29, 1.82) is 0 Å². The Labute approximate surface area is 136 Å². The molecule has 0 bridgehead atoms. The molecule has 0 aliphatic carbocycles. The first kappa shape index (κ1) is 15.4. The van der Waals surface area contributed by atoms with Crippen LogP contribution in [0.3, 0.4) is 0 Å². The van der Waals surface area contributed by atoms with Gasteiger partial charge in [-0.1, -0.05) is 42.5 Å². The summed E-state index contributed by atoms with van der Waals surface area (Å²) >= 11 is 0. The van der Waals surface area contributed by atoms with Gasteiger partial charge in [0.25, 0.3) is 0 Å². The lowest BCUT2D eigenvalue weighted by molar-refractivity contribution is 0.408. The minimum Gasteiger partial charge on any atom is -0.497 e. The van der Waals surface area contributed by atoms with Gasteiger partial charge in [-0.15, -0.1) is 0 Å². The molecule has 0 saturated heterocycles. The van der Waals surface area contributed by atoms with Crippen molar-refractivity contribution < 1.29 is 9.47 Å². The highest BCUT2D eigenvalue weighted by molar-refractivity contribution is 5.87. The van der Waals surface area contributed by atoms with Gasteiger partial charge in [-0.25, -0.2) is 0 Å². The number of ether oxygens (including phenoxy) is 2. The van der Waals surface area contributed by atoms with Gasteiger partial charge < -0.3 is 14.8 Å². The summed E-state index contributed by atoms with van der Waals surface area (Å²) in [5, 5.41) is 5.96. The van der Waals surface area contributed by atoms with Crippen molar-refractivity contribution in [3.05, 3.63) is 71.8 Å². The first-order valence-electron chi connectivity index (χ1n) is 7.70. The zero-order chi connectivity index (χ0) is 16.1. The Morgan fingerprint density at radius 2 is 1.57 bits per heavy atom. The van der Waals surface area contributed by atoms with Crippen molar-refractivity contribution in [1.82, 2.24) is 5.32 Å². The molecule has 0 fully saturated rings. The van der Waals surface area contributed by atoms with Crippen LogP contribution in [0, 0.1) is 0 Å². The summed E-state index contributed by atoms with van der Waals surface area (Å²) in [4.78, 5) is 0. The molecule has 3 rings (SSSR count). The second-order valence-electron chi connectivity index (χ2n) is 5.42. The number of rotatable bonds is 6. The molecule has 1 N–H and O–H groups in total. The normalized spacial score (nSPS) is 10.7. The van der Waals surface area contributed by atoms with Crippen LogP contribution < -0.4 is 14.8 Å². The molecule has 0 amide bonds. The second kappa shape index (κ2) is 7.16. The fourth-order valence-electron chi connectivity index (χ4n) is 2.76. The largest absolute Gasteiger partial charge is 0.497 e. The van der Waals surface area contributed by atoms with Crippen LogP contribution in [-0.4, -0.2) is 14.2 Å². The van der Waals surface area contributed by atoms with Crippen molar-refractivity contribution in [2.24, 2.45) is 0 Å². The second-order valence-corrected chi connectivity index (χ2v) is 5.42. The van der Waals surface area contributed by atoms with Crippen LogP contribution in [0.1, 0.15) is 11.1 Å². The van der Waals surface area contributed by atoms with Crippen molar-refractivity contribution in [3.8, 4) is 11.5 Å². The van der Waals surface area contributed by atoms with E-state index in [-0.39, 0.29) is 0 Å². The van der Waals surface area contributed by atoms with Gasteiger partial charge in [0.2, 0.25) is 0 Å². The van der Waals surface area contributed by atoms with Gasteiger partial charge in [0.15, 0.2) is 0 Å². The third kappa shape index (κ3) is 3.46. The molecule has 3 nitrogen and oxygen atoms in total. The molecule has 0 aliphatic rings. The summed E-state index contributed by atoms with van der Waals surface area (Å²) in [5.41, 5.74) is 2.42. The summed E-state index contributed by atoms with van der Waals surface area (Å²) in [6.07, 6.45) is 0. The number of nitrogens with one attached hydrogen (secondary N) is 1. The topological polar surface area (TPSA) is 30.5 Å². The Morgan fingerprint density at radius 1 is 0.783 bits per heavy atom. The van der Waals surface area contributed by atoms with E-state index in [1.54, 1.807) is 14.2 Å². The third-order valence-corrected chi connectivity index (χ3v) is 4.01. The summed E-state index contributed by atoms with van der Waals surface area (Å²) in [7, 11) is 3.40. The van der Waals surface area contributed by atoms with Crippen LogP contribution in [0.25, 0.3) is 10.8 Å². The molecular weight excluding hydrogens is 286 g/mol. The fourth-order valence-corrected chi connectivity index (χ4v) is 2.76. The molecule has 3 aromatic carbocycles. The lowest BCUT2D eigenvalue weighted by Crippen LogP contribution is -2.13. The standard InChI is InChI=1S/C20H21NO2/c1-22-17-10-7-15(8-11-17)13-21-14-19-18-6-4-3-5-16(18)9-12-20(19)23-2/h3-12,21H,13-14H2,1-2H3. The van der Waals surface area contributed by atoms with Gasteiger partial charge in [0.05, 0.1) is 14.2 Å². The Balaban J connectivity index is 1.75. The first-order chi connectivity index (χ1) is 11.3. The Bertz CT molecular complexity index is 781. The van der Waals surface area contributed by atoms with E-state index in [1.165, 1.54) is 21.9 Å². The van der Waals surface area contributed by atoms with Crippen LogP contribution >= 0.6 is 0 Å². The van der Waals surface area contributed by atoms with Gasteiger partial charge in [-0.3, -0.25) is 0 Å². The number of hydrogen-bond donors (Lipinski definition) is 1. The van der Waals surface area contributed by atoms with Gasteiger partial charge in [-0.05, 0) is 34.5 Å². The molecule has 0 saturated carbocycles. The molecule has 23 heavy (non-hydrogen) atoms. The highest BCUT2D eigenvalue weighted by Gasteiger charge is 2.07. The van der Waals surface area contributed by atoms with Crippen molar-refractivity contribution in [2.75, 3.05) is 14.2 Å². The Kier molecular flexibility index (Phi) is 4.79. The van der Waals surface area contributed by atoms with E-state index < -0.39 is 0 Å². The summed E-state index contributed by atoms with van der Waals surface area (Å²) in [6.45, 7) is 1.56. The SMILES string of the molecule is COc1ccc(CNCc2c(OC)ccc3ccccc23)cc1. The Morgan fingerprint density at radius 3 is 2.30 bits per heavy atom. The highest BCUT2D eigenvalue weighted by atomic mass is 16.5. The molecule has 0 unspecified atom stereocenters. The number of fused-ring (bicyclic) bond motifs is 1. The zero-order valence-electron chi connectivity index (χ0n) is 13.5. The van der Waals surface area contributed by atoms with Crippen molar-refractivity contribution in [3.63, 3.8) is 0 Å². The first-order valence-corrected chi connectivity index (χ1v) is 7.70. The predicted octanol–water partition coefficient (Wildman–Crippen LogP) is 4.15. The average molecular weight is 307 g/mol. The quantitative estimate of drug-likeness (QED) is 0.742. The number of methoxy groups -OCH3 is 2. The van der Waals surface area contributed by atoms with Crippen LogP contribution in [0.4, 0.5) is 0 Å². The summed E-state index contributed by atoms with van der Waals surface area (Å²) in [6, 6.07) is 20.6. The maximum absolute atomic E-state index is 5.53. The molecule has 3 heteroatoms. The molecule has 0 radical (unpaired) electrons. The van der Waals surface area contributed by atoms with Crippen molar-refractivity contribution >= 4 is 10.8 Å². The van der Waals surface area contributed by atoms with Crippen LogP contribution in [0.5, 0.6) is 11.5 Å². The lowest BCUT2D eigenvalue weighted by atomic mass is 10.0. The molecule has 118 valence electrons. The van der Waals surface area contributed by atoms with Gasteiger partial charge in [-0.2, -0.15) is 0 Å². The van der Waals surface area contributed by atoms with Crippen LogP contribution in [0.15, 0.2) is 60.7 Å². The van der Waals surface area contributed by atoms with E-state index in [2.05, 4.69) is 47.8 Å². The van der Waals surface area contributed by atoms with Crippen LogP contribution in [-0.2, 0) is 13.1 Å². The zero-order valence-corrected chi connectivity index (χ0v) is 13.5. The minimum atomic E-state index is 0.760. The minimum absolute atomic E-state index is 0.760. The molecule has 0 aromatic heterocycles. The molecule has 3 aromatic rings. The molecule has 0 atom stereocenters. The van der Waals surface area contributed by atoms with Gasteiger partial charge in [0, 0.05) is 18.7 Å². The van der Waals surface area contributed by atoms with Crippen molar-refractivity contribution in [2.45, 2.75) is 13.1 Å². The smallest absolute Gasteiger partial charge is 0.123 e. The maximum atomic E-state index is 5.53. The van der Waals surface area contributed by atoms with E-state index >= 15 is 0 Å². The van der Waals surface area contributed by atoms with E-state index in [9.17, 15) is 0 Å². The van der Waals surface area contributed by atoms with E-state index in [0.29, 0.717) is 0 Å². The predicted molar refractivity (Wildman–Crippen MR) is 94.0 cm³/mol. The average Bonchev–Trinajstić information content (AvgIpc) is 2.62. The monoisotopic (exact) mass is 307 g/mol.